The van der Waals surface area contributed by atoms with Crippen LogP contribution in [0.3, 0.4) is 0 Å². The third-order valence-corrected chi connectivity index (χ3v) is 3.92. The zero-order chi connectivity index (χ0) is 15.2. The molecule has 6 heteroatoms. The van der Waals surface area contributed by atoms with Gasteiger partial charge in [0.25, 0.3) is 0 Å². The molecule has 1 aromatic heterocycles. The molecule has 4 N–H and O–H groups in total. The molecule has 0 saturated carbocycles. The van der Waals surface area contributed by atoms with Crippen LogP contribution in [0.15, 0.2) is 0 Å². The second-order valence-corrected chi connectivity index (χ2v) is 5.91. The molecule has 2 rings (SSSR count). The maximum absolute atomic E-state index is 5.57. The monoisotopic (exact) mass is 292 g/mol. The predicted molar refractivity (Wildman–Crippen MR) is 87.3 cm³/mol. The van der Waals surface area contributed by atoms with Crippen molar-refractivity contribution in [3.8, 4) is 0 Å². The number of hydrogen-bond donors (Lipinski definition) is 3. The second kappa shape index (κ2) is 7.56. The number of aromatic nitrogens is 2. The Bertz CT molecular complexity index is 456. The van der Waals surface area contributed by atoms with Gasteiger partial charge in [0.15, 0.2) is 0 Å². The molecule has 0 aliphatic carbocycles. The van der Waals surface area contributed by atoms with Crippen LogP contribution in [0.1, 0.15) is 44.5 Å². The summed E-state index contributed by atoms with van der Waals surface area (Å²) < 4.78 is 0. The third-order valence-electron chi connectivity index (χ3n) is 3.92. The maximum Gasteiger partial charge on any atom is 0.148 e. The number of hydrazine groups is 1. The van der Waals surface area contributed by atoms with Crippen LogP contribution in [-0.2, 0) is 6.42 Å². The van der Waals surface area contributed by atoms with E-state index in [9.17, 15) is 0 Å². The van der Waals surface area contributed by atoms with Gasteiger partial charge in [-0.25, -0.2) is 15.8 Å². The van der Waals surface area contributed by atoms with E-state index in [0.29, 0.717) is 11.9 Å². The molecule has 0 aromatic carbocycles. The van der Waals surface area contributed by atoms with Crippen molar-refractivity contribution in [3.63, 3.8) is 0 Å². The number of nitrogen functional groups attached to an aromatic ring is 1. The summed E-state index contributed by atoms with van der Waals surface area (Å²) >= 11 is 0. The van der Waals surface area contributed by atoms with E-state index in [1.165, 1.54) is 25.9 Å². The van der Waals surface area contributed by atoms with Crippen molar-refractivity contribution in [2.24, 2.45) is 5.84 Å². The summed E-state index contributed by atoms with van der Waals surface area (Å²) in [5, 5.41) is 3.52. The van der Waals surface area contributed by atoms with Crippen molar-refractivity contribution < 1.29 is 0 Å². The van der Waals surface area contributed by atoms with E-state index in [0.717, 1.165) is 36.6 Å². The van der Waals surface area contributed by atoms with E-state index < -0.39 is 0 Å². The number of aryl methyl sites for hydroxylation is 1. The summed E-state index contributed by atoms with van der Waals surface area (Å²) in [6.45, 7) is 9.81. The summed E-state index contributed by atoms with van der Waals surface area (Å²) in [5.74, 6) is 8.02. The number of likely N-dealkylation sites (tertiary alicyclic amines) is 1. The lowest BCUT2D eigenvalue weighted by molar-refractivity contribution is 0.327. The van der Waals surface area contributed by atoms with Crippen LogP contribution in [0.25, 0.3) is 0 Å². The molecule has 21 heavy (non-hydrogen) atoms. The fourth-order valence-electron chi connectivity index (χ4n) is 2.81. The fourth-order valence-corrected chi connectivity index (χ4v) is 2.81. The minimum Gasteiger partial charge on any atom is -0.366 e. The Morgan fingerprint density at radius 3 is 2.52 bits per heavy atom. The largest absolute Gasteiger partial charge is 0.366 e. The van der Waals surface area contributed by atoms with Crippen molar-refractivity contribution in [2.45, 2.75) is 52.5 Å². The zero-order valence-corrected chi connectivity index (χ0v) is 13.4. The first-order valence-electron chi connectivity index (χ1n) is 7.97. The van der Waals surface area contributed by atoms with Crippen molar-refractivity contribution in [1.82, 2.24) is 14.9 Å². The molecule has 1 fully saturated rings. The molecule has 2 heterocycles. The van der Waals surface area contributed by atoms with Crippen LogP contribution in [-0.4, -0.2) is 40.5 Å². The van der Waals surface area contributed by atoms with Crippen molar-refractivity contribution in [1.29, 1.82) is 0 Å². The van der Waals surface area contributed by atoms with Crippen LogP contribution >= 0.6 is 0 Å². The number of nitrogens with one attached hydrogen (secondary N) is 2. The quantitative estimate of drug-likeness (QED) is 0.526. The third kappa shape index (κ3) is 4.28. The van der Waals surface area contributed by atoms with E-state index >= 15 is 0 Å². The van der Waals surface area contributed by atoms with E-state index in [1.54, 1.807) is 0 Å². The minimum atomic E-state index is 0.358. The highest BCUT2D eigenvalue weighted by Gasteiger charge is 2.16. The van der Waals surface area contributed by atoms with Crippen LogP contribution < -0.4 is 16.6 Å². The van der Waals surface area contributed by atoms with Crippen LogP contribution in [0, 0.1) is 6.92 Å². The number of hydrogen-bond acceptors (Lipinski definition) is 6. The van der Waals surface area contributed by atoms with E-state index in [-0.39, 0.29) is 0 Å². The highest BCUT2D eigenvalue weighted by Crippen LogP contribution is 2.21. The smallest absolute Gasteiger partial charge is 0.148 e. The Morgan fingerprint density at radius 2 is 1.90 bits per heavy atom. The number of anilines is 2. The van der Waals surface area contributed by atoms with Gasteiger partial charge in [-0.1, -0.05) is 6.92 Å². The lowest BCUT2D eigenvalue weighted by Gasteiger charge is -2.23. The summed E-state index contributed by atoms with van der Waals surface area (Å²) in [5.41, 5.74) is 3.66. The Morgan fingerprint density at radius 1 is 1.24 bits per heavy atom. The van der Waals surface area contributed by atoms with Gasteiger partial charge in [-0.05, 0) is 46.2 Å². The van der Waals surface area contributed by atoms with Crippen LogP contribution in [0.4, 0.5) is 11.6 Å². The van der Waals surface area contributed by atoms with E-state index in [2.05, 4.69) is 39.5 Å². The second-order valence-electron chi connectivity index (χ2n) is 5.91. The minimum absolute atomic E-state index is 0.358. The Labute approximate surface area is 127 Å². The summed E-state index contributed by atoms with van der Waals surface area (Å²) in [6.07, 6.45) is 4.53. The van der Waals surface area contributed by atoms with Gasteiger partial charge in [0.2, 0.25) is 0 Å². The molecule has 0 bridgehead atoms. The van der Waals surface area contributed by atoms with Gasteiger partial charge in [-0.15, -0.1) is 0 Å². The van der Waals surface area contributed by atoms with E-state index in [1.807, 2.05) is 6.92 Å². The highest BCUT2D eigenvalue weighted by molar-refractivity contribution is 5.57. The molecular weight excluding hydrogens is 264 g/mol. The lowest BCUT2D eigenvalue weighted by Crippen LogP contribution is -2.33. The van der Waals surface area contributed by atoms with Gasteiger partial charge in [0, 0.05) is 24.6 Å². The average molecular weight is 292 g/mol. The van der Waals surface area contributed by atoms with Gasteiger partial charge in [-0.2, -0.15) is 0 Å². The topological polar surface area (TPSA) is 79.1 Å². The normalized spacial score (nSPS) is 17.0. The molecule has 1 unspecified atom stereocenters. The molecule has 6 nitrogen and oxygen atoms in total. The molecule has 1 aliphatic rings. The molecular formula is C15H28N6. The number of rotatable bonds is 7. The SMILES string of the molecule is CCCc1nc(NN)c(C)c(NC(C)CN2CCCC2)n1. The molecule has 1 atom stereocenters. The molecule has 0 radical (unpaired) electrons. The molecule has 0 amide bonds. The van der Waals surface area contributed by atoms with Crippen molar-refractivity contribution in [2.75, 3.05) is 30.4 Å². The molecule has 0 spiro atoms. The Hall–Kier alpha value is -1.40. The van der Waals surface area contributed by atoms with Crippen molar-refractivity contribution in [3.05, 3.63) is 11.4 Å². The van der Waals surface area contributed by atoms with E-state index in [4.69, 9.17) is 5.84 Å². The first-order chi connectivity index (χ1) is 10.1. The van der Waals surface area contributed by atoms with Crippen LogP contribution in [0.2, 0.25) is 0 Å². The fraction of sp³-hybridized carbons (Fsp3) is 0.733. The Balaban J connectivity index is 2.07. The number of nitrogens with zero attached hydrogens (tertiary/aromatic N) is 3. The summed E-state index contributed by atoms with van der Waals surface area (Å²) in [6, 6.07) is 0.358. The van der Waals surface area contributed by atoms with Gasteiger partial charge in [0.1, 0.15) is 17.5 Å². The first kappa shape index (κ1) is 16.0. The van der Waals surface area contributed by atoms with Gasteiger partial charge >= 0.3 is 0 Å². The maximum atomic E-state index is 5.57. The zero-order valence-electron chi connectivity index (χ0n) is 13.4. The van der Waals surface area contributed by atoms with Gasteiger partial charge < -0.3 is 15.6 Å². The number of nitrogens with two attached hydrogens (primary N) is 1. The summed E-state index contributed by atoms with van der Waals surface area (Å²) in [7, 11) is 0. The van der Waals surface area contributed by atoms with Crippen molar-refractivity contribution >= 4 is 11.6 Å². The van der Waals surface area contributed by atoms with Gasteiger partial charge in [0.05, 0.1) is 0 Å². The average Bonchev–Trinajstić information content (AvgIpc) is 2.95. The first-order valence-corrected chi connectivity index (χ1v) is 7.97. The lowest BCUT2D eigenvalue weighted by atomic mass is 10.2. The van der Waals surface area contributed by atoms with Gasteiger partial charge in [-0.3, -0.25) is 0 Å². The molecule has 1 aliphatic heterocycles. The molecule has 1 aromatic rings. The standard InChI is InChI=1S/C15H28N6/c1-4-7-13-18-14(12(3)15(19-13)20-16)17-11(2)10-21-8-5-6-9-21/h11H,4-10,16H2,1-3H3,(H2,17,18,19,20). The predicted octanol–water partition coefficient (Wildman–Crippen LogP) is 1.92. The summed E-state index contributed by atoms with van der Waals surface area (Å²) in [4.78, 5) is 11.6. The highest BCUT2D eigenvalue weighted by atomic mass is 15.3. The van der Waals surface area contributed by atoms with Crippen LogP contribution in [0.5, 0.6) is 0 Å². The Kier molecular flexibility index (Phi) is 5.76. The molecule has 118 valence electrons. The molecule has 1 saturated heterocycles.